The van der Waals surface area contributed by atoms with E-state index in [9.17, 15) is 4.79 Å². The molecule has 0 spiro atoms. The van der Waals surface area contributed by atoms with Crippen LogP contribution in [0, 0.1) is 6.92 Å². The van der Waals surface area contributed by atoms with E-state index in [1.54, 1.807) is 19.4 Å². The van der Waals surface area contributed by atoms with E-state index in [1.165, 1.54) is 6.20 Å². The molecule has 0 saturated carbocycles. The molecule has 18 heavy (non-hydrogen) atoms. The molecule has 0 amide bonds. The monoisotopic (exact) mass is 243 g/mol. The molecule has 1 aromatic carbocycles. The first kappa shape index (κ1) is 12.1. The van der Waals surface area contributed by atoms with Gasteiger partial charge in [-0.15, -0.1) is 0 Å². The highest BCUT2D eigenvalue weighted by Gasteiger charge is 2.09. The van der Waals surface area contributed by atoms with Crippen LogP contribution in [0.15, 0.2) is 36.7 Å². The zero-order valence-corrected chi connectivity index (χ0v) is 10.2. The average molecular weight is 243 g/mol. The first-order chi connectivity index (χ1) is 8.61. The van der Waals surface area contributed by atoms with Crippen molar-refractivity contribution in [2.45, 2.75) is 6.92 Å². The van der Waals surface area contributed by atoms with Crippen molar-refractivity contribution in [1.29, 1.82) is 0 Å². The van der Waals surface area contributed by atoms with Gasteiger partial charge in [0.15, 0.2) is 0 Å². The lowest BCUT2D eigenvalue weighted by Gasteiger charge is -2.09. The van der Waals surface area contributed by atoms with E-state index in [4.69, 9.17) is 9.84 Å². The van der Waals surface area contributed by atoms with Gasteiger partial charge in [0.05, 0.1) is 12.7 Å². The van der Waals surface area contributed by atoms with Gasteiger partial charge in [0.2, 0.25) is 0 Å². The number of benzene rings is 1. The molecule has 2 rings (SSSR count). The third-order valence-corrected chi connectivity index (χ3v) is 2.65. The Morgan fingerprint density at radius 2 is 2.06 bits per heavy atom. The highest BCUT2D eigenvalue weighted by atomic mass is 16.5. The van der Waals surface area contributed by atoms with Crippen molar-refractivity contribution in [3.63, 3.8) is 0 Å². The van der Waals surface area contributed by atoms with Crippen LogP contribution in [0.25, 0.3) is 11.1 Å². The molecule has 1 N–H and O–H groups in total. The van der Waals surface area contributed by atoms with Gasteiger partial charge < -0.3 is 9.84 Å². The largest absolute Gasteiger partial charge is 0.496 e. The van der Waals surface area contributed by atoms with E-state index in [0.29, 0.717) is 5.75 Å². The van der Waals surface area contributed by atoms with Crippen molar-refractivity contribution in [3.8, 4) is 16.9 Å². The summed E-state index contributed by atoms with van der Waals surface area (Å²) in [6.45, 7) is 1.97. The summed E-state index contributed by atoms with van der Waals surface area (Å²) >= 11 is 0. The maximum absolute atomic E-state index is 10.9. The number of methoxy groups -OCH3 is 1. The van der Waals surface area contributed by atoms with Gasteiger partial charge in [-0.25, -0.2) is 4.79 Å². The Bertz CT molecular complexity index is 593. The van der Waals surface area contributed by atoms with Crippen LogP contribution in [0.3, 0.4) is 0 Å². The Hall–Kier alpha value is -2.36. The predicted octanol–water partition coefficient (Wildman–Crippen LogP) is 2.76. The van der Waals surface area contributed by atoms with Crippen LogP contribution in [0.2, 0.25) is 0 Å². The number of ether oxygens (including phenoxy) is 1. The SMILES string of the molecule is COc1ccc(C)cc1-c1cncc(C(=O)O)c1. The van der Waals surface area contributed by atoms with Crippen molar-refractivity contribution in [2.24, 2.45) is 0 Å². The summed E-state index contributed by atoms with van der Waals surface area (Å²) in [6.07, 6.45) is 2.96. The predicted molar refractivity (Wildman–Crippen MR) is 67.9 cm³/mol. The fourth-order valence-corrected chi connectivity index (χ4v) is 1.75. The first-order valence-electron chi connectivity index (χ1n) is 5.45. The Morgan fingerprint density at radius 1 is 1.28 bits per heavy atom. The minimum Gasteiger partial charge on any atom is -0.496 e. The summed E-state index contributed by atoms with van der Waals surface area (Å²) in [5.74, 6) is -0.291. The minimum atomic E-state index is -0.990. The topological polar surface area (TPSA) is 59.4 Å². The van der Waals surface area contributed by atoms with E-state index in [0.717, 1.165) is 16.7 Å². The number of nitrogens with zero attached hydrogens (tertiary/aromatic N) is 1. The molecule has 0 saturated heterocycles. The molecule has 0 aliphatic rings. The second-order valence-electron chi connectivity index (χ2n) is 3.97. The highest BCUT2D eigenvalue weighted by Crippen LogP contribution is 2.30. The number of pyridine rings is 1. The van der Waals surface area contributed by atoms with Gasteiger partial charge in [-0.05, 0) is 25.1 Å². The van der Waals surface area contributed by atoms with Gasteiger partial charge in [0.1, 0.15) is 5.75 Å². The normalized spacial score (nSPS) is 10.1. The Morgan fingerprint density at radius 3 is 2.72 bits per heavy atom. The zero-order chi connectivity index (χ0) is 13.1. The quantitative estimate of drug-likeness (QED) is 0.900. The molecule has 2 aromatic rings. The summed E-state index contributed by atoms with van der Waals surface area (Å²) in [5, 5.41) is 8.97. The molecule has 0 unspecified atom stereocenters. The van der Waals surface area contributed by atoms with E-state index in [-0.39, 0.29) is 5.56 Å². The number of carbonyl (C=O) groups is 1. The molecule has 0 bridgehead atoms. The lowest BCUT2D eigenvalue weighted by molar-refractivity contribution is 0.0696. The molecular weight excluding hydrogens is 230 g/mol. The molecule has 4 heteroatoms. The Balaban J connectivity index is 2.57. The number of aromatic carboxylic acids is 1. The van der Waals surface area contributed by atoms with Gasteiger partial charge in [-0.2, -0.15) is 0 Å². The molecule has 92 valence electrons. The standard InChI is InChI=1S/C14H13NO3/c1-9-3-4-13(18-2)12(5-9)10-6-11(14(16)17)8-15-7-10/h3-8H,1-2H3,(H,16,17). The van der Waals surface area contributed by atoms with Crippen molar-refractivity contribution in [1.82, 2.24) is 4.98 Å². The van der Waals surface area contributed by atoms with Crippen LogP contribution in [-0.4, -0.2) is 23.2 Å². The van der Waals surface area contributed by atoms with Crippen LogP contribution in [0.5, 0.6) is 5.75 Å². The molecular formula is C14H13NO3. The van der Waals surface area contributed by atoms with E-state index >= 15 is 0 Å². The second-order valence-corrected chi connectivity index (χ2v) is 3.97. The summed E-state index contributed by atoms with van der Waals surface area (Å²) in [7, 11) is 1.59. The number of aromatic nitrogens is 1. The fraction of sp³-hybridized carbons (Fsp3) is 0.143. The second kappa shape index (κ2) is 4.87. The number of carboxylic acid groups (broad SMARTS) is 1. The van der Waals surface area contributed by atoms with E-state index in [1.807, 2.05) is 25.1 Å². The average Bonchev–Trinajstić information content (AvgIpc) is 2.39. The van der Waals surface area contributed by atoms with Gasteiger partial charge in [-0.3, -0.25) is 4.98 Å². The van der Waals surface area contributed by atoms with Gasteiger partial charge in [-0.1, -0.05) is 11.6 Å². The van der Waals surface area contributed by atoms with Crippen LogP contribution in [-0.2, 0) is 0 Å². The van der Waals surface area contributed by atoms with Crippen molar-refractivity contribution in [2.75, 3.05) is 7.11 Å². The molecule has 0 aliphatic heterocycles. The summed E-state index contributed by atoms with van der Waals surface area (Å²) in [4.78, 5) is 14.9. The number of aryl methyl sites for hydroxylation is 1. The number of carboxylic acids is 1. The van der Waals surface area contributed by atoms with Crippen molar-refractivity contribution >= 4 is 5.97 Å². The first-order valence-corrected chi connectivity index (χ1v) is 5.45. The number of hydrogen-bond donors (Lipinski definition) is 1. The van der Waals surface area contributed by atoms with Crippen molar-refractivity contribution < 1.29 is 14.6 Å². The maximum atomic E-state index is 10.9. The summed E-state index contributed by atoms with van der Waals surface area (Å²) < 4.78 is 5.28. The van der Waals surface area contributed by atoms with Gasteiger partial charge in [0.25, 0.3) is 0 Å². The Labute approximate surface area is 105 Å². The highest BCUT2D eigenvalue weighted by molar-refractivity contribution is 5.89. The summed E-state index contributed by atoms with van der Waals surface area (Å²) in [5.41, 5.74) is 2.81. The van der Waals surface area contributed by atoms with Gasteiger partial charge in [0, 0.05) is 23.5 Å². The maximum Gasteiger partial charge on any atom is 0.337 e. The number of rotatable bonds is 3. The van der Waals surface area contributed by atoms with E-state index in [2.05, 4.69) is 4.98 Å². The molecule has 1 heterocycles. The number of hydrogen-bond acceptors (Lipinski definition) is 3. The third kappa shape index (κ3) is 2.32. The summed E-state index contributed by atoms with van der Waals surface area (Å²) in [6, 6.07) is 7.34. The van der Waals surface area contributed by atoms with Crippen LogP contribution in [0.4, 0.5) is 0 Å². The smallest absolute Gasteiger partial charge is 0.337 e. The van der Waals surface area contributed by atoms with Crippen LogP contribution in [0.1, 0.15) is 15.9 Å². The lowest BCUT2D eigenvalue weighted by Crippen LogP contribution is -1.98. The van der Waals surface area contributed by atoms with E-state index < -0.39 is 5.97 Å². The minimum absolute atomic E-state index is 0.163. The molecule has 0 atom stereocenters. The van der Waals surface area contributed by atoms with Gasteiger partial charge >= 0.3 is 5.97 Å². The Kier molecular flexibility index (Phi) is 3.28. The zero-order valence-electron chi connectivity index (χ0n) is 10.2. The van der Waals surface area contributed by atoms with Crippen LogP contribution >= 0.6 is 0 Å². The molecule has 1 aromatic heterocycles. The third-order valence-electron chi connectivity index (χ3n) is 2.65. The van der Waals surface area contributed by atoms with Crippen molar-refractivity contribution in [3.05, 3.63) is 47.8 Å². The fourth-order valence-electron chi connectivity index (χ4n) is 1.75. The molecule has 0 aliphatic carbocycles. The lowest BCUT2D eigenvalue weighted by atomic mass is 10.0. The van der Waals surface area contributed by atoms with Crippen LogP contribution < -0.4 is 4.74 Å². The molecule has 0 fully saturated rings. The molecule has 4 nitrogen and oxygen atoms in total. The molecule has 0 radical (unpaired) electrons.